The molecule has 1 unspecified atom stereocenters. The summed E-state index contributed by atoms with van der Waals surface area (Å²) < 4.78 is 7.39. The number of nitrogens with two attached hydrogens (primary N) is 1. The molecule has 1 saturated heterocycles. The van der Waals surface area contributed by atoms with Crippen LogP contribution < -0.4 is 5.73 Å². The molecule has 0 spiro atoms. The second kappa shape index (κ2) is 3.61. The number of nitrogen functional groups attached to an aromatic ring is 1. The van der Waals surface area contributed by atoms with Crippen LogP contribution in [-0.4, -0.2) is 23.0 Å². The number of nitrogens with zero attached hydrogens (tertiary/aromatic N) is 2. The van der Waals surface area contributed by atoms with Crippen molar-refractivity contribution < 1.29 is 4.74 Å². The SMILES string of the molecule is CC(C)c1c(N)cnn1C1CCOC1. The van der Waals surface area contributed by atoms with E-state index in [1.807, 2.05) is 4.68 Å². The standard InChI is InChI=1S/C10H17N3O/c1-7(2)10-9(11)5-12-13(10)8-3-4-14-6-8/h5,7-8H,3-4,6,11H2,1-2H3. The van der Waals surface area contributed by atoms with Crippen molar-refractivity contribution in [2.75, 3.05) is 18.9 Å². The average Bonchev–Trinajstić information content (AvgIpc) is 2.70. The number of hydrogen-bond acceptors (Lipinski definition) is 3. The Labute approximate surface area is 84.0 Å². The lowest BCUT2D eigenvalue weighted by atomic mass is 10.1. The topological polar surface area (TPSA) is 53.1 Å². The molecule has 1 aliphatic heterocycles. The minimum Gasteiger partial charge on any atom is -0.396 e. The maximum atomic E-state index is 5.89. The van der Waals surface area contributed by atoms with Crippen molar-refractivity contribution in [3.05, 3.63) is 11.9 Å². The smallest absolute Gasteiger partial charge is 0.0778 e. The number of rotatable bonds is 2. The van der Waals surface area contributed by atoms with Crippen LogP contribution in [-0.2, 0) is 4.74 Å². The zero-order valence-electron chi connectivity index (χ0n) is 8.73. The van der Waals surface area contributed by atoms with Crippen LogP contribution in [0, 0.1) is 0 Å². The lowest BCUT2D eigenvalue weighted by Gasteiger charge is -2.15. The predicted octanol–water partition coefficient (Wildman–Crippen LogP) is 1.55. The molecule has 14 heavy (non-hydrogen) atoms. The summed E-state index contributed by atoms with van der Waals surface area (Å²) >= 11 is 0. The van der Waals surface area contributed by atoms with Gasteiger partial charge in [-0.3, -0.25) is 4.68 Å². The lowest BCUT2D eigenvalue weighted by Crippen LogP contribution is -2.15. The van der Waals surface area contributed by atoms with Gasteiger partial charge in [0.05, 0.1) is 30.2 Å². The van der Waals surface area contributed by atoms with E-state index < -0.39 is 0 Å². The predicted molar refractivity (Wildman–Crippen MR) is 55.2 cm³/mol. The molecule has 2 N–H and O–H groups in total. The van der Waals surface area contributed by atoms with E-state index in [0.29, 0.717) is 12.0 Å². The van der Waals surface area contributed by atoms with Crippen LogP contribution in [0.5, 0.6) is 0 Å². The molecule has 1 aliphatic rings. The Kier molecular flexibility index (Phi) is 2.46. The molecule has 1 fully saturated rings. The normalized spacial score (nSPS) is 22.1. The molecule has 78 valence electrons. The van der Waals surface area contributed by atoms with Crippen molar-refractivity contribution in [3.8, 4) is 0 Å². The van der Waals surface area contributed by atoms with Gasteiger partial charge in [0.25, 0.3) is 0 Å². The van der Waals surface area contributed by atoms with E-state index in [2.05, 4.69) is 18.9 Å². The maximum absolute atomic E-state index is 5.89. The zero-order chi connectivity index (χ0) is 10.1. The second-order valence-corrected chi connectivity index (χ2v) is 4.10. The van der Waals surface area contributed by atoms with Gasteiger partial charge < -0.3 is 10.5 Å². The summed E-state index contributed by atoms with van der Waals surface area (Å²) in [6, 6.07) is 0.379. The van der Waals surface area contributed by atoms with Crippen LogP contribution in [0.25, 0.3) is 0 Å². The molecule has 0 amide bonds. The first-order valence-electron chi connectivity index (χ1n) is 5.10. The van der Waals surface area contributed by atoms with E-state index in [1.165, 1.54) is 0 Å². The van der Waals surface area contributed by atoms with Crippen molar-refractivity contribution in [2.45, 2.75) is 32.2 Å². The fraction of sp³-hybridized carbons (Fsp3) is 0.700. The van der Waals surface area contributed by atoms with Gasteiger partial charge in [0.1, 0.15) is 0 Å². The van der Waals surface area contributed by atoms with Crippen LogP contribution in [0.4, 0.5) is 5.69 Å². The Balaban J connectivity index is 2.32. The molecule has 4 heteroatoms. The van der Waals surface area contributed by atoms with Crippen molar-refractivity contribution >= 4 is 5.69 Å². The number of anilines is 1. The minimum absolute atomic E-state index is 0.379. The first-order chi connectivity index (χ1) is 6.70. The Hall–Kier alpha value is -1.03. The van der Waals surface area contributed by atoms with E-state index in [-0.39, 0.29) is 0 Å². The van der Waals surface area contributed by atoms with Crippen molar-refractivity contribution in [3.63, 3.8) is 0 Å². The van der Waals surface area contributed by atoms with E-state index in [0.717, 1.165) is 31.0 Å². The van der Waals surface area contributed by atoms with Gasteiger partial charge in [-0.2, -0.15) is 5.10 Å². The van der Waals surface area contributed by atoms with Gasteiger partial charge in [-0.05, 0) is 12.3 Å². The van der Waals surface area contributed by atoms with Crippen LogP contribution in [0.3, 0.4) is 0 Å². The monoisotopic (exact) mass is 195 g/mol. The molecule has 0 saturated carbocycles. The Morgan fingerprint density at radius 2 is 2.43 bits per heavy atom. The van der Waals surface area contributed by atoms with Gasteiger partial charge in [-0.15, -0.1) is 0 Å². The largest absolute Gasteiger partial charge is 0.396 e. The molecule has 0 radical (unpaired) electrons. The summed E-state index contributed by atoms with van der Waals surface area (Å²) in [6.07, 6.45) is 2.79. The lowest BCUT2D eigenvalue weighted by molar-refractivity contribution is 0.183. The highest BCUT2D eigenvalue weighted by atomic mass is 16.5. The number of ether oxygens (including phenoxy) is 1. The third-order valence-electron chi connectivity index (χ3n) is 2.66. The van der Waals surface area contributed by atoms with Gasteiger partial charge in [0, 0.05) is 6.61 Å². The average molecular weight is 195 g/mol. The molecule has 4 nitrogen and oxygen atoms in total. The molecule has 2 heterocycles. The van der Waals surface area contributed by atoms with Gasteiger partial charge >= 0.3 is 0 Å². The van der Waals surface area contributed by atoms with E-state index in [4.69, 9.17) is 10.5 Å². The molecule has 2 rings (SSSR count). The van der Waals surface area contributed by atoms with E-state index >= 15 is 0 Å². The van der Waals surface area contributed by atoms with Crippen LogP contribution in [0.15, 0.2) is 6.20 Å². The first kappa shape index (κ1) is 9.52. The highest BCUT2D eigenvalue weighted by Gasteiger charge is 2.23. The fourth-order valence-corrected chi connectivity index (χ4v) is 1.99. The van der Waals surface area contributed by atoms with Gasteiger partial charge in [0.15, 0.2) is 0 Å². The molecule has 1 atom stereocenters. The maximum Gasteiger partial charge on any atom is 0.0778 e. The van der Waals surface area contributed by atoms with Crippen LogP contribution in [0.2, 0.25) is 0 Å². The molecule has 0 bridgehead atoms. The molecular weight excluding hydrogens is 178 g/mol. The Morgan fingerprint density at radius 1 is 1.64 bits per heavy atom. The molecular formula is C10H17N3O. The number of aromatic nitrogens is 2. The van der Waals surface area contributed by atoms with Gasteiger partial charge in [-0.25, -0.2) is 0 Å². The van der Waals surface area contributed by atoms with E-state index in [1.54, 1.807) is 6.20 Å². The third-order valence-corrected chi connectivity index (χ3v) is 2.66. The highest BCUT2D eigenvalue weighted by molar-refractivity contribution is 5.42. The quantitative estimate of drug-likeness (QED) is 0.779. The summed E-state index contributed by atoms with van der Waals surface area (Å²) in [5.41, 5.74) is 7.82. The molecule has 1 aromatic heterocycles. The van der Waals surface area contributed by atoms with Crippen molar-refractivity contribution in [1.29, 1.82) is 0 Å². The molecule has 1 aromatic rings. The summed E-state index contributed by atoms with van der Waals surface area (Å²) in [7, 11) is 0. The van der Waals surface area contributed by atoms with Gasteiger partial charge in [0.2, 0.25) is 0 Å². The molecule has 0 aromatic carbocycles. The fourth-order valence-electron chi connectivity index (χ4n) is 1.99. The third kappa shape index (κ3) is 1.50. The number of hydrogen-bond donors (Lipinski definition) is 1. The second-order valence-electron chi connectivity index (χ2n) is 4.10. The first-order valence-corrected chi connectivity index (χ1v) is 5.10. The van der Waals surface area contributed by atoms with Crippen molar-refractivity contribution in [1.82, 2.24) is 9.78 Å². The summed E-state index contributed by atoms with van der Waals surface area (Å²) in [4.78, 5) is 0. The minimum atomic E-state index is 0.379. The Morgan fingerprint density at radius 3 is 3.00 bits per heavy atom. The van der Waals surface area contributed by atoms with Gasteiger partial charge in [-0.1, -0.05) is 13.8 Å². The van der Waals surface area contributed by atoms with E-state index in [9.17, 15) is 0 Å². The summed E-state index contributed by atoms with van der Waals surface area (Å²) in [6.45, 7) is 5.88. The highest BCUT2D eigenvalue weighted by Crippen LogP contribution is 2.27. The van der Waals surface area contributed by atoms with Crippen molar-refractivity contribution in [2.24, 2.45) is 0 Å². The summed E-state index contributed by atoms with van der Waals surface area (Å²) in [5.74, 6) is 0.415. The molecule has 0 aliphatic carbocycles. The van der Waals surface area contributed by atoms with Crippen LogP contribution in [0.1, 0.15) is 37.9 Å². The zero-order valence-corrected chi connectivity index (χ0v) is 8.73. The van der Waals surface area contributed by atoms with Crippen LogP contribution >= 0.6 is 0 Å². The Bertz CT molecular complexity index is 313. The summed E-state index contributed by atoms with van der Waals surface area (Å²) in [5, 5.41) is 4.33.